The van der Waals surface area contributed by atoms with Crippen molar-refractivity contribution in [2.24, 2.45) is 5.73 Å². The van der Waals surface area contributed by atoms with Crippen LogP contribution in [-0.4, -0.2) is 38.6 Å². The Morgan fingerprint density at radius 3 is 2.59 bits per heavy atom. The lowest BCUT2D eigenvalue weighted by molar-refractivity contribution is -0.145. The molecule has 142 valence electrons. The first-order valence-corrected chi connectivity index (χ1v) is 10.1. The van der Waals surface area contributed by atoms with Crippen LogP contribution in [0.5, 0.6) is 11.5 Å². The zero-order valence-corrected chi connectivity index (χ0v) is 15.4. The Morgan fingerprint density at radius 1 is 1.19 bits per heavy atom. The van der Waals surface area contributed by atoms with Crippen LogP contribution < -0.4 is 15.2 Å². The van der Waals surface area contributed by atoms with E-state index in [1.54, 1.807) is 43.3 Å². The molecule has 0 aromatic heterocycles. The highest BCUT2D eigenvalue weighted by Gasteiger charge is 2.74. The number of sulfone groups is 1. The summed E-state index contributed by atoms with van der Waals surface area (Å²) in [7, 11) is -3.85. The molecule has 4 rings (SSSR count). The van der Waals surface area contributed by atoms with E-state index in [2.05, 4.69) is 0 Å². The molecule has 27 heavy (non-hydrogen) atoms. The average Bonchev–Trinajstić information content (AvgIpc) is 3.08. The Balaban J connectivity index is 1.78. The molecule has 2 aromatic carbocycles. The highest BCUT2D eigenvalue weighted by atomic mass is 32.2. The SMILES string of the molecule is CCOC(=O)[C@@]1(N)[C@H](c2ccc3c(c2)OCO3)[C@@H]1S(=O)(=O)c1ccccc1. The van der Waals surface area contributed by atoms with Crippen molar-refractivity contribution < 1.29 is 27.4 Å². The Labute approximate surface area is 156 Å². The molecule has 0 radical (unpaired) electrons. The lowest BCUT2D eigenvalue weighted by Crippen LogP contribution is -2.41. The molecule has 2 aromatic rings. The normalized spacial score (nSPS) is 25.9. The van der Waals surface area contributed by atoms with Gasteiger partial charge in [0.1, 0.15) is 10.8 Å². The van der Waals surface area contributed by atoms with Crippen molar-refractivity contribution in [3.05, 3.63) is 54.1 Å². The number of rotatable bonds is 5. The summed E-state index contributed by atoms with van der Waals surface area (Å²) in [6.45, 7) is 1.87. The molecule has 0 amide bonds. The fourth-order valence-electron chi connectivity index (χ4n) is 3.62. The van der Waals surface area contributed by atoms with Gasteiger partial charge in [-0.1, -0.05) is 24.3 Å². The van der Waals surface area contributed by atoms with Crippen LogP contribution in [0.25, 0.3) is 0 Å². The predicted octanol–water partition coefficient (Wildman–Crippen LogP) is 1.62. The number of fused-ring (bicyclic) bond motifs is 1. The fraction of sp³-hybridized carbons (Fsp3) is 0.316. The highest BCUT2D eigenvalue weighted by molar-refractivity contribution is 7.92. The minimum atomic E-state index is -3.85. The number of esters is 1. The van der Waals surface area contributed by atoms with Gasteiger partial charge in [0, 0.05) is 5.92 Å². The number of hydrogen-bond acceptors (Lipinski definition) is 7. The van der Waals surface area contributed by atoms with E-state index in [1.807, 2.05) is 0 Å². The van der Waals surface area contributed by atoms with E-state index in [0.717, 1.165) is 0 Å². The monoisotopic (exact) mass is 389 g/mol. The van der Waals surface area contributed by atoms with Gasteiger partial charge in [0.05, 0.1) is 11.5 Å². The number of benzene rings is 2. The van der Waals surface area contributed by atoms with Crippen molar-refractivity contribution in [1.82, 2.24) is 0 Å². The second-order valence-corrected chi connectivity index (χ2v) is 8.59. The first-order chi connectivity index (χ1) is 12.9. The largest absolute Gasteiger partial charge is 0.465 e. The van der Waals surface area contributed by atoms with Gasteiger partial charge in [-0.2, -0.15) is 0 Å². The van der Waals surface area contributed by atoms with Crippen molar-refractivity contribution in [2.75, 3.05) is 13.4 Å². The fourth-order valence-corrected chi connectivity index (χ4v) is 5.87. The maximum Gasteiger partial charge on any atom is 0.328 e. The highest BCUT2D eigenvalue weighted by Crippen LogP contribution is 2.57. The summed E-state index contributed by atoms with van der Waals surface area (Å²) in [6.07, 6.45) is 0. The first-order valence-electron chi connectivity index (χ1n) is 8.55. The quantitative estimate of drug-likeness (QED) is 0.775. The summed E-state index contributed by atoms with van der Waals surface area (Å²) in [4.78, 5) is 12.7. The molecule has 3 atom stereocenters. The van der Waals surface area contributed by atoms with E-state index >= 15 is 0 Å². The van der Waals surface area contributed by atoms with Crippen LogP contribution in [0.3, 0.4) is 0 Å². The van der Waals surface area contributed by atoms with Gasteiger partial charge >= 0.3 is 5.97 Å². The van der Waals surface area contributed by atoms with Crippen LogP contribution in [-0.2, 0) is 19.4 Å². The number of carbonyl (C=O) groups is 1. The summed E-state index contributed by atoms with van der Waals surface area (Å²) in [5, 5.41) is -1.12. The molecule has 0 spiro atoms. The topological polar surface area (TPSA) is 105 Å². The minimum Gasteiger partial charge on any atom is -0.465 e. The van der Waals surface area contributed by atoms with Crippen LogP contribution >= 0.6 is 0 Å². The van der Waals surface area contributed by atoms with Gasteiger partial charge in [-0.25, -0.2) is 13.2 Å². The van der Waals surface area contributed by atoms with E-state index in [0.29, 0.717) is 17.1 Å². The van der Waals surface area contributed by atoms with Crippen molar-refractivity contribution >= 4 is 15.8 Å². The van der Waals surface area contributed by atoms with Crippen LogP contribution in [0, 0.1) is 0 Å². The molecular weight excluding hydrogens is 370 g/mol. The third kappa shape index (κ3) is 2.67. The summed E-state index contributed by atoms with van der Waals surface area (Å²) in [6, 6.07) is 13.1. The number of ether oxygens (including phenoxy) is 3. The zero-order valence-electron chi connectivity index (χ0n) is 14.6. The maximum absolute atomic E-state index is 13.2. The van der Waals surface area contributed by atoms with Crippen LogP contribution in [0.2, 0.25) is 0 Å². The molecule has 2 N–H and O–H groups in total. The van der Waals surface area contributed by atoms with Gasteiger partial charge in [-0.3, -0.25) is 0 Å². The Kier molecular flexibility index (Phi) is 4.12. The molecule has 1 aliphatic heterocycles. The van der Waals surface area contributed by atoms with E-state index in [9.17, 15) is 13.2 Å². The molecule has 7 nitrogen and oxygen atoms in total. The Morgan fingerprint density at radius 2 is 1.89 bits per heavy atom. The second-order valence-electron chi connectivity index (χ2n) is 6.52. The summed E-state index contributed by atoms with van der Waals surface area (Å²) in [5.41, 5.74) is 5.28. The molecule has 8 heteroatoms. The van der Waals surface area contributed by atoms with Gasteiger partial charge in [0.25, 0.3) is 0 Å². The smallest absolute Gasteiger partial charge is 0.328 e. The Bertz CT molecular complexity index is 991. The standard InChI is InChI=1S/C19H19NO6S/c1-2-24-18(21)19(20)16(12-8-9-14-15(10-12)26-11-25-14)17(19)27(22,23)13-6-4-3-5-7-13/h3-10,16-17H,2,11,20H2,1H3/t16-,17+,19-/m1/s1. The van der Waals surface area contributed by atoms with Gasteiger partial charge in [0.2, 0.25) is 6.79 Å². The molecule has 1 aliphatic carbocycles. The van der Waals surface area contributed by atoms with Crippen molar-refractivity contribution in [3.63, 3.8) is 0 Å². The van der Waals surface area contributed by atoms with Gasteiger partial charge in [0.15, 0.2) is 21.3 Å². The lowest BCUT2D eigenvalue weighted by atomic mass is 10.1. The number of nitrogens with two attached hydrogens (primary N) is 1. The average molecular weight is 389 g/mol. The van der Waals surface area contributed by atoms with E-state index in [-0.39, 0.29) is 18.3 Å². The molecule has 2 aliphatic rings. The van der Waals surface area contributed by atoms with Crippen molar-refractivity contribution in [2.45, 2.75) is 28.5 Å². The Hall–Kier alpha value is -2.58. The third-order valence-corrected chi connectivity index (χ3v) is 7.23. The molecule has 1 heterocycles. The van der Waals surface area contributed by atoms with E-state index < -0.39 is 32.5 Å². The molecule has 0 unspecified atom stereocenters. The lowest BCUT2D eigenvalue weighted by Gasteiger charge is -2.11. The van der Waals surface area contributed by atoms with Gasteiger partial charge in [-0.05, 0) is 36.8 Å². The predicted molar refractivity (Wildman–Crippen MR) is 96.3 cm³/mol. The van der Waals surface area contributed by atoms with Crippen molar-refractivity contribution in [1.29, 1.82) is 0 Å². The van der Waals surface area contributed by atoms with Gasteiger partial charge in [-0.15, -0.1) is 0 Å². The molecule has 0 bridgehead atoms. The number of carbonyl (C=O) groups excluding carboxylic acids is 1. The van der Waals surface area contributed by atoms with Gasteiger partial charge < -0.3 is 19.9 Å². The number of hydrogen-bond donors (Lipinski definition) is 1. The summed E-state index contributed by atoms with van der Waals surface area (Å²) >= 11 is 0. The van der Waals surface area contributed by atoms with Crippen LogP contribution in [0.4, 0.5) is 0 Å². The van der Waals surface area contributed by atoms with Crippen LogP contribution in [0.15, 0.2) is 53.4 Å². The molecule has 0 saturated heterocycles. The van der Waals surface area contributed by atoms with E-state index in [4.69, 9.17) is 19.9 Å². The third-order valence-electron chi connectivity index (χ3n) is 4.97. The van der Waals surface area contributed by atoms with Crippen molar-refractivity contribution in [3.8, 4) is 11.5 Å². The second kappa shape index (κ2) is 6.24. The zero-order chi connectivity index (χ0) is 19.2. The summed E-state index contributed by atoms with van der Waals surface area (Å²) in [5.74, 6) is -0.393. The molecule has 1 fully saturated rings. The van der Waals surface area contributed by atoms with Crippen LogP contribution in [0.1, 0.15) is 18.4 Å². The molecule has 1 saturated carbocycles. The summed E-state index contributed by atoms with van der Waals surface area (Å²) < 4.78 is 42.1. The molecular formula is C19H19NO6S. The minimum absolute atomic E-state index is 0.0981. The first kappa shape index (κ1) is 17.8. The maximum atomic E-state index is 13.2. The van der Waals surface area contributed by atoms with E-state index in [1.165, 1.54) is 12.1 Å².